The van der Waals surface area contributed by atoms with Crippen molar-refractivity contribution in [3.05, 3.63) is 110 Å². The largest absolute Gasteiger partial charge is 0.493 e. The number of hydrogen-bond acceptors (Lipinski definition) is 16. The summed E-state index contributed by atoms with van der Waals surface area (Å²) in [6.07, 6.45) is 13.7. The number of hydrogen-bond donors (Lipinski definition) is 3. The zero-order valence-electron chi connectivity index (χ0n) is 51.1. The molecule has 6 rings (SSSR count). The molecule has 4 aliphatic rings. The molecule has 1 aromatic heterocycles. The Kier molecular flexibility index (Phi) is 25.5. The molecule has 86 heavy (non-hydrogen) atoms. The van der Waals surface area contributed by atoms with Gasteiger partial charge >= 0.3 is 11.9 Å². The molecule has 21 heteroatoms. The first kappa shape index (κ1) is 67.3. The van der Waals surface area contributed by atoms with E-state index in [-0.39, 0.29) is 104 Å². The molecule has 0 saturated carbocycles. The highest BCUT2D eigenvalue weighted by atomic mass is 32.1. The Hall–Kier alpha value is -7.81. The number of nitrogens with one attached hydrogen (secondary N) is 3. The van der Waals surface area contributed by atoms with Gasteiger partial charge in [-0.25, -0.2) is 0 Å². The fourth-order valence-electron chi connectivity index (χ4n) is 10.4. The lowest BCUT2D eigenvalue weighted by atomic mass is 9.74. The van der Waals surface area contributed by atoms with E-state index in [4.69, 9.17) is 28.4 Å². The molecule has 466 valence electrons. The van der Waals surface area contributed by atoms with Gasteiger partial charge in [0.15, 0.2) is 28.8 Å². The Bertz CT molecular complexity index is 3000. The van der Waals surface area contributed by atoms with Crippen LogP contribution in [0.2, 0.25) is 0 Å². The van der Waals surface area contributed by atoms with Gasteiger partial charge in [0.25, 0.3) is 0 Å². The first-order valence-electron chi connectivity index (χ1n) is 29.9. The number of nitrogens with zero attached hydrogens (tertiary/aromatic N) is 2. The Balaban J connectivity index is 0.824. The van der Waals surface area contributed by atoms with E-state index >= 15 is 0 Å². The predicted molar refractivity (Wildman–Crippen MR) is 325 cm³/mol. The molecule has 6 amide bonds. The minimum absolute atomic E-state index is 0.0179. The molecule has 0 bridgehead atoms. The zero-order valence-corrected chi connectivity index (χ0v) is 51.9. The van der Waals surface area contributed by atoms with Crippen molar-refractivity contribution in [2.75, 3.05) is 58.9 Å². The average Bonchev–Trinajstić information content (AvgIpc) is 2.50. The summed E-state index contributed by atoms with van der Waals surface area (Å²) >= 11 is 1.31. The summed E-state index contributed by atoms with van der Waals surface area (Å²) in [6.45, 7) is 17.1. The first-order valence-corrected chi connectivity index (χ1v) is 30.7. The van der Waals surface area contributed by atoms with E-state index in [0.29, 0.717) is 110 Å². The summed E-state index contributed by atoms with van der Waals surface area (Å²) in [7, 11) is 3.10. The summed E-state index contributed by atoms with van der Waals surface area (Å²) in [5, 5.41) is 7.86. The highest BCUT2D eigenvalue weighted by molar-refractivity contribution is 7.15. The van der Waals surface area contributed by atoms with E-state index in [0.717, 1.165) is 47.3 Å². The molecule has 1 saturated heterocycles. The Morgan fingerprint density at radius 2 is 1.49 bits per heavy atom. The van der Waals surface area contributed by atoms with Gasteiger partial charge in [-0.05, 0) is 110 Å². The van der Waals surface area contributed by atoms with Gasteiger partial charge in [0.2, 0.25) is 35.4 Å². The molecule has 2 aromatic rings. The van der Waals surface area contributed by atoms with Crippen molar-refractivity contribution in [3.8, 4) is 0 Å². The van der Waals surface area contributed by atoms with Crippen LogP contribution in [0.5, 0.6) is 0 Å². The van der Waals surface area contributed by atoms with Crippen LogP contribution in [0.4, 0.5) is 5.69 Å². The number of carbonyl (C=O) groups is 9. The number of amides is 6. The number of benzene rings is 1. The average molecular weight is 1210 g/mol. The quantitative estimate of drug-likeness (QED) is 0.0255. The van der Waals surface area contributed by atoms with Crippen LogP contribution in [0, 0.1) is 11.3 Å². The summed E-state index contributed by atoms with van der Waals surface area (Å²) in [6, 6.07) is 7.51. The SMILES string of the molecule is C=C1C=C(OCCCOC2=CCC3=C(C=C2OC)CN(C(=O)CCC(=O)OCc2ccc(NC(=O)[C@H](C)NC(=O)CNC(=O)CCCCCN4C(=O)CC(C(C)(C)CCC)C4=O)cc2)C3)C(OC)=Cc2sc(C(=O)CCC(=O)OC(CC)CC)cc21. The summed E-state index contributed by atoms with van der Waals surface area (Å²) in [5.41, 5.74) is 4.27. The van der Waals surface area contributed by atoms with Crippen molar-refractivity contribution in [2.24, 2.45) is 11.3 Å². The fourth-order valence-corrected chi connectivity index (χ4v) is 11.5. The van der Waals surface area contributed by atoms with Crippen molar-refractivity contribution in [3.63, 3.8) is 0 Å². The van der Waals surface area contributed by atoms with Gasteiger partial charge in [0.1, 0.15) is 18.8 Å². The molecule has 3 N–H and O–H groups in total. The van der Waals surface area contributed by atoms with Crippen LogP contribution < -0.4 is 16.0 Å². The Morgan fingerprint density at radius 3 is 2.19 bits per heavy atom. The van der Waals surface area contributed by atoms with Gasteiger partial charge in [-0.15, -0.1) is 11.3 Å². The number of allylic oxidation sites excluding steroid dienone is 3. The summed E-state index contributed by atoms with van der Waals surface area (Å²) in [5.74, 6) is -1.08. The number of thiophene rings is 1. The topological polar surface area (TPSA) is 252 Å². The van der Waals surface area contributed by atoms with Crippen LogP contribution in [0.3, 0.4) is 0 Å². The molecular formula is C65H85N5O15S. The van der Waals surface area contributed by atoms with Gasteiger partial charge in [0.05, 0.1) is 57.6 Å². The highest BCUT2D eigenvalue weighted by Crippen LogP contribution is 2.40. The maximum Gasteiger partial charge on any atom is 0.306 e. The normalized spacial score (nSPS) is 16.2. The summed E-state index contributed by atoms with van der Waals surface area (Å²) < 4.78 is 34.7. The lowest BCUT2D eigenvalue weighted by Gasteiger charge is -2.29. The van der Waals surface area contributed by atoms with Gasteiger partial charge in [-0.1, -0.05) is 66.2 Å². The second kappa shape index (κ2) is 32.6. The second-order valence-electron chi connectivity index (χ2n) is 22.5. The number of ketones is 1. The number of anilines is 1. The maximum absolute atomic E-state index is 13.3. The monoisotopic (exact) mass is 1210 g/mol. The molecule has 20 nitrogen and oxygen atoms in total. The van der Waals surface area contributed by atoms with Crippen LogP contribution in [-0.4, -0.2) is 129 Å². The summed E-state index contributed by atoms with van der Waals surface area (Å²) in [4.78, 5) is 119. The molecule has 1 fully saturated rings. The number of rotatable bonds is 34. The van der Waals surface area contributed by atoms with E-state index in [9.17, 15) is 43.2 Å². The van der Waals surface area contributed by atoms with Crippen LogP contribution >= 0.6 is 11.3 Å². The van der Waals surface area contributed by atoms with Crippen molar-refractivity contribution in [1.29, 1.82) is 0 Å². The smallest absolute Gasteiger partial charge is 0.306 e. The third-order valence-corrected chi connectivity index (χ3v) is 16.7. The standard InChI is InChI=1S/C65H85N5O15S/c1-10-28-65(6,7)49-35-60(75)70(64(49)79)29-15-13-14-17-57(72)66-37-58(73)67-42(5)63(78)68-46-21-18-43(19-22-46)40-84-61(76)27-25-59(74)69-38-44-20-24-51(52(80-8)33-45(44)39-69)82-30-16-31-83-54-32-41(4)48-34-56(86-55(48)36-53(54)81-9)50(71)23-26-62(77)85-47(11-2)12-3/h18-19,21-22,24,32-34,36,42,47,49H,4,10-17,20,23,25-31,35,37-40H2,1-3,5-9H3,(H,66,72)(H,67,73)(H,68,78)/t42-,49?/m0/s1. The van der Waals surface area contributed by atoms with Crippen molar-refractivity contribution in [2.45, 2.75) is 157 Å². The predicted octanol–water partition coefficient (Wildman–Crippen LogP) is 9.57. The number of ether oxygens (including phenoxy) is 6. The molecule has 0 radical (unpaired) electrons. The van der Waals surface area contributed by atoms with Crippen molar-refractivity contribution < 1.29 is 71.6 Å². The third-order valence-electron chi connectivity index (χ3n) is 15.6. The van der Waals surface area contributed by atoms with Crippen LogP contribution in [-0.2, 0) is 73.4 Å². The number of methoxy groups -OCH3 is 2. The zero-order chi connectivity index (χ0) is 62.5. The number of fused-ring (bicyclic) bond motifs is 1. The molecular weight excluding hydrogens is 1120 g/mol. The van der Waals surface area contributed by atoms with E-state index in [1.165, 1.54) is 23.2 Å². The van der Waals surface area contributed by atoms with E-state index in [2.05, 4.69) is 29.5 Å². The lowest BCUT2D eigenvalue weighted by Crippen LogP contribution is -2.45. The number of imide groups is 1. The van der Waals surface area contributed by atoms with E-state index in [1.54, 1.807) is 55.5 Å². The number of carbonyl (C=O) groups excluding carboxylic acids is 9. The van der Waals surface area contributed by atoms with Crippen LogP contribution in [0.1, 0.15) is 164 Å². The molecule has 0 spiro atoms. The van der Waals surface area contributed by atoms with Gasteiger partial charge in [0, 0.05) is 73.9 Å². The second-order valence-corrected chi connectivity index (χ2v) is 23.6. The first-order chi connectivity index (χ1) is 41.2. The van der Waals surface area contributed by atoms with Gasteiger partial charge < -0.3 is 49.3 Å². The highest BCUT2D eigenvalue weighted by Gasteiger charge is 2.45. The molecule has 3 heterocycles. The maximum atomic E-state index is 13.3. The lowest BCUT2D eigenvalue weighted by molar-refractivity contribution is -0.149. The van der Waals surface area contributed by atoms with E-state index in [1.807, 2.05) is 45.9 Å². The minimum atomic E-state index is -0.916. The molecule has 1 aromatic carbocycles. The Labute approximate surface area is 508 Å². The van der Waals surface area contributed by atoms with Crippen molar-refractivity contribution >= 4 is 81.8 Å². The van der Waals surface area contributed by atoms with Crippen molar-refractivity contribution in [1.82, 2.24) is 20.4 Å². The fraction of sp³-hybridized carbons (Fsp3) is 0.523. The van der Waals surface area contributed by atoms with E-state index < -0.39 is 23.8 Å². The third kappa shape index (κ3) is 19.4. The number of Topliss-reactive ketones (excluding diaryl/α,β-unsaturated/α-hetero) is 1. The van der Waals surface area contributed by atoms with Crippen LogP contribution in [0.25, 0.3) is 11.6 Å². The molecule has 1 unspecified atom stereocenters. The molecule has 2 aliphatic heterocycles. The number of unbranched alkanes of at least 4 members (excludes halogenated alkanes) is 2. The number of likely N-dealkylation sites (tertiary alicyclic amines) is 1. The minimum Gasteiger partial charge on any atom is -0.493 e. The molecule has 2 atom stereocenters. The van der Waals surface area contributed by atoms with Gasteiger partial charge in [-0.2, -0.15) is 0 Å². The Morgan fingerprint density at radius 1 is 0.791 bits per heavy atom. The van der Waals surface area contributed by atoms with Gasteiger partial charge in [-0.3, -0.25) is 48.1 Å². The number of esters is 2. The molecule has 2 aliphatic carbocycles. The van der Waals surface area contributed by atoms with Crippen LogP contribution in [0.15, 0.2) is 89.3 Å².